The molecule has 2 aromatic heterocycles. The number of amides is 1. The Labute approximate surface area is 150 Å². The zero-order valence-electron chi connectivity index (χ0n) is 14.1. The van der Waals surface area contributed by atoms with Gasteiger partial charge in [-0.2, -0.15) is 13.2 Å². The molecule has 0 aliphatic carbocycles. The van der Waals surface area contributed by atoms with Crippen LogP contribution >= 0.6 is 0 Å². The molecule has 2 heterocycles. The second-order valence-corrected chi connectivity index (χ2v) is 5.88. The van der Waals surface area contributed by atoms with E-state index in [9.17, 15) is 26.7 Å². The Hall–Kier alpha value is -2.97. The first-order valence-electron chi connectivity index (χ1n) is 8.05. The van der Waals surface area contributed by atoms with Gasteiger partial charge in [-0.1, -0.05) is 13.3 Å². The third kappa shape index (κ3) is 3.76. The van der Waals surface area contributed by atoms with Gasteiger partial charge in [-0.05, 0) is 30.7 Å². The fraction of sp³-hybridized carbons (Fsp3) is 0.222. The van der Waals surface area contributed by atoms with Crippen molar-refractivity contribution in [3.05, 3.63) is 65.1 Å². The Morgan fingerprint density at radius 3 is 2.52 bits per heavy atom. The average Bonchev–Trinajstić information content (AvgIpc) is 2.95. The third-order valence-electron chi connectivity index (χ3n) is 3.90. The highest BCUT2D eigenvalue weighted by atomic mass is 19.4. The molecule has 9 heteroatoms. The molecule has 1 amide bonds. The lowest BCUT2D eigenvalue weighted by atomic mass is 10.2. The second kappa shape index (κ2) is 6.98. The molecule has 0 saturated carbocycles. The molecule has 1 aromatic carbocycles. The maximum absolute atomic E-state index is 13.3. The normalized spacial score (nSPS) is 11.8. The van der Waals surface area contributed by atoms with E-state index < -0.39 is 29.3 Å². The second-order valence-electron chi connectivity index (χ2n) is 5.88. The van der Waals surface area contributed by atoms with Gasteiger partial charge in [-0.25, -0.2) is 13.8 Å². The summed E-state index contributed by atoms with van der Waals surface area (Å²) in [6.07, 6.45) is -2.82. The summed E-state index contributed by atoms with van der Waals surface area (Å²) >= 11 is 0. The SMILES string of the molecule is CCCc1nc2ccc(C(F)(F)F)cn2c1C(=O)Nc1ccc(F)c(F)c1. The third-order valence-corrected chi connectivity index (χ3v) is 3.90. The molecule has 0 unspecified atom stereocenters. The highest BCUT2D eigenvalue weighted by molar-refractivity contribution is 6.04. The van der Waals surface area contributed by atoms with Crippen LogP contribution in [0.5, 0.6) is 0 Å². The van der Waals surface area contributed by atoms with E-state index in [-0.39, 0.29) is 17.0 Å². The number of alkyl halides is 3. The van der Waals surface area contributed by atoms with Gasteiger partial charge in [-0.3, -0.25) is 9.20 Å². The largest absolute Gasteiger partial charge is 0.417 e. The van der Waals surface area contributed by atoms with Crippen molar-refractivity contribution >= 4 is 17.2 Å². The van der Waals surface area contributed by atoms with Crippen LogP contribution in [0, 0.1) is 11.6 Å². The number of fused-ring (bicyclic) bond motifs is 1. The average molecular weight is 383 g/mol. The number of carbonyl (C=O) groups excluding carboxylic acids is 1. The number of anilines is 1. The number of imidazole rings is 1. The summed E-state index contributed by atoms with van der Waals surface area (Å²) in [4.78, 5) is 16.9. The molecule has 142 valence electrons. The number of benzene rings is 1. The molecule has 0 spiro atoms. The number of nitrogens with one attached hydrogen (secondary N) is 1. The van der Waals surface area contributed by atoms with Crippen molar-refractivity contribution in [2.24, 2.45) is 0 Å². The fourth-order valence-electron chi connectivity index (χ4n) is 2.68. The van der Waals surface area contributed by atoms with E-state index in [1.165, 1.54) is 6.07 Å². The van der Waals surface area contributed by atoms with E-state index in [0.29, 0.717) is 18.5 Å². The van der Waals surface area contributed by atoms with Gasteiger partial charge in [0.2, 0.25) is 0 Å². The zero-order chi connectivity index (χ0) is 19.8. The van der Waals surface area contributed by atoms with E-state index in [0.717, 1.165) is 34.9 Å². The smallest absolute Gasteiger partial charge is 0.321 e. The molecule has 27 heavy (non-hydrogen) atoms. The molecule has 3 aromatic rings. The number of nitrogens with zero attached hydrogens (tertiary/aromatic N) is 2. The molecule has 0 fully saturated rings. The van der Waals surface area contributed by atoms with E-state index in [1.807, 2.05) is 6.92 Å². The van der Waals surface area contributed by atoms with Crippen LogP contribution in [0.1, 0.15) is 35.1 Å². The van der Waals surface area contributed by atoms with Gasteiger partial charge < -0.3 is 5.32 Å². The Morgan fingerprint density at radius 2 is 1.89 bits per heavy atom. The Kier molecular flexibility index (Phi) is 4.86. The summed E-state index contributed by atoms with van der Waals surface area (Å²) in [5, 5.41) is 2.37. The van der Waals surface area contributed by atoms with Crippen molar-refractivity contribution in [2.45, 2.75) is 25.9 Å². The molecular weight excluding hydrogens is 369 g/mol. The molecule has 0 bridgehead atoms. The summed E-state index contributed by atoms with van der Waals surface area (Å²) in [6, 6.07) is 4.84. The van der Waals surface area contributed by atoms with Gasteiger partial charge in [-0.15, -0.1) is 0 Å². The Bertz CT molecular complexity index is 1010. The van der Waals surface area contributed by atoms with E-state index >= 15 is 0 Å². The minimum Gasteiger partial charge on any atom is -0.321 e. The minimum absolute atomic E-state index is 0.0247. The van der Waals surface area contributed by atoms with Crippen LogP contribution in [0.3, 0.4) is 0 Å². The van der Waals surface area contributed by atoms with Crippen LogP contribution in [0.25, 0.3) is 5.65 Å². The lowest BCUT2D eigenvalue weighted by molar-refractivity contribution is -0.137. The highest BCUT2D eigenvalue weighted by Crippen LogP contribution is 2.30. The van der Waals surface area contributed by atoms with Crippen LogP contribution in [0.4, 0.5) is 27.6 Å². The molecular formula is C18H14F5N3O. The summed E-state index contributed by atoms with van der Waals surface area (Å²) < 4.78 is 66.5. The van der Waals surface area contributed by atoms with Crippen LogP contribution < -0.4 is 5.32 Å². The molecule has 0 radical (unpaired) electrons. The van der Waals surface area contributed by atoms with Crippen LogP contribution in [-0.2, 0) is 12.6 Å². The van der Waals surface area contributed by atoms with Gasteiger partial charge in [0.25, 0.3) is 5.91 Å². The molecule has 4 nitrogen and oxygen atoms in total. The first-order chi connectivity index (χ1) is 12.7. The highest BCUT2D eigenvalue weighted by Gasteiger charge is 2.32. The van der Waals surface area contributed by atoms with E-state index in [2.05, 4.69) is 10.3 Å². The molecule has 0 aliphatic heterocycles. The van der Waals surface area contributed by atoms with Gasteiger partial charge in [0.05, 0.1) is 11.3 Å². The predicted molar refractivity (Wildman–Crippen MR) is 88.5 cm³/mol. The first kappa shape index (κ1) is 18.8. The summed E-state index contributed by atoms with van der Waals surface area (Å²) in [7, 11) is 0. The number of carbonyl (C=O) groups is 1. The van der Waals surface area contributed by atoms with Crippen molar-refractivity contribution in [3.8, 4) is 0 Å². The van der Waals surface area contributed by atoms with Crippen molar-refractivity contribution in [3.63, 3.8) is 0 Å². The maximum atomic E-state index is 13.3. The topological polar surface area (TPSA) is 46.4 Å². The maximum Gasteiger partial charge on any atom is 0.417 e. The Balaban J connectivity index is 2.07. The van der Waals surface area contributed by atoms with E-state index in [4.69, 9.17) is 0 Å². The van der Waals surface area contributed by atoms with Crippen molar-refractivity contribution in [1.29, 1.82) is 0 Å². The van der Waals surface area contributed by atoms with Gasteiger partial charge in [0.1, 0.15) is 11.3 Å². The van der Waals surface area contributed by atoms with Crippen LogP contribution in [0.15, 0.2) is 36.5 Å². The summed E-state index contributed by atoms with van der Waals surface area (Å²) in [5.74, 6) is -3.00. The lowest BCUT2D eigenvalue weighted by Gasteiger charge is -2.10. The van der Waals surface area contributed by atoms with E-state index in [1.54, 1.807) is 0 Å². The number of hydrogen-bond acceptors (Lipinski definition) is 2. The lowest BCUT2D eigenvalue weighted by Crippen LogP contribution is -2.17. The monoisotopic (exact) mass is 383 g/mol. The molecule has 3 rings (SSSR count). The van der Waals surface area contributed by atoms with Gasteiger partial charge in [0.15, 0.2) is 11.6 Å². The zero-order valence-corrected chi connectivity index (χ0v) is 14.1. The van der Waals surface area contributed by atoms with Crippen LogP contribution in [-0.4, -0.2) is 15.3 Å². The van der Waals surface area contributed by atoms with Crippen LogP contribution in [0.2, 0.25) is 0 Å². The number of hydrogen-bond donors (Lipinski definition) is 1. The van der Waals surface area contributed by atoms with Gasteiger partial charge in [0, 0.05) is 18.0 Å². The van der Waals surface area contributed by atoms with Crippen molar-refractivity contribution in [1.82, 2.24) is 9.38 Å². The number of halogens is 5. The van der Waals surface area contributed by atoms with Crippen molar-refractivity contribution in [2.75, 3.05) is 5.32 Å². The Morgan fingerprint density at radius 1 is 1.15 bits per heavy atom. The minimum atomic E-state index is -4.59. The molecule has 0 aliphatic rings. The number of aryl methyl sites for hydroxylation is 1. The number of pyridine rings is 1. The van der Waals surface area contributed by atoms with Gasteiger partial charge >= 0.3 is 6.18 Å². The molecule has 0 atom stereocenters. The van der Waals surface area contributed by atoms with Crippen molar-refractivity contribution < 1.29 is 26.7 Å². The quantitative estimate of drug-likeness (QED) is 0.656. The summed E-state index contributed by atoms with van der Waals surface area (Å²) in [5.41, 5.74) is -0.540. The standard InChI is InChI=1S/C18H14F5N3O/c1-2-3-14-16(17(27)24-11-5-6-12(19)13(20)8-11)26-9-10(18(21,22)23)4-7-15(26)25-14/h4-9H,2-3H2,1H3,(H,24,27). The molecule has 1 N–H and O–H groups in total. The fourth-order valence-corrected chi connectivity index (χ4v) is 2.68. The predicted octanol–water partition coefficient (Wildman–Crippen LogP) is 4.84. The molecule has 0 saturated heterocycles. The number of rotatable bonds is 4. The number of aromatic nitrogens is 2. The first-order valence-corrected chi connectivity index (χ1v) is 8.05. The summed E-state index contributed by atoms with van der Waals surface area (Å²) in [6.45, 7) is 1.84.